The van der Waals surface area contributed by atoms with Crippen LogP contribution >= 0.6 is 0 Å². The van der Waals surface area contributed by atoms with E-state index in [1.54, 1.807) is 13.8 Å². The van der Waals surface area contributed by atoms with E-state index in [0.717, 1.165) is 0 Å². The molecule has 0 fully saturated rings. The summed E-state index contributed by atoms with van der Waals surface area (Å²) in [6.07, 6.45) is -0.440. The molecule has 0 bridgehead atoms. The first kappa shape index (κ1) is 10.7. The molecule has 6 nitrogen and oxygen atoms in total. The summed E-state index contributed by atoms with van der Waals surface area (Å²) in [6, 6.07) is 0. The molecule has 0 aliphatic rings. The second-order valence-electron chi connectivity index (χ2n) is 2.87. The van der Waals surface area contributed by atoms with Crippen LogP contribution in [0.25, 0.3) is 0 Å². The highest BCUT2D eigenvalue weighted by Crippen LogP contribution is 2.12. The third-order valence-corrected chi connectivity index (χ3v) is 1.40. The average Bonchev–Trinajstić information content (AvgIpc) is 1.84. The monoisotopic (exact) mass is 176 g/mol. The van der Waals surface area contributed by atoms with Gasteiger partial charge in [-0.05, 0) is 25.7 Å². The summed E-state index contributed by atoms with van der Waals surface area (Å²) in [4.78, 5) is 20.4. The molecule has 0 saturated heterocycles. The molecule has 0 spiro atoms. The van der Waals surface area contributed by atoms with E-state index in [0.29, 0.717) is 6.42 Å². The number of hydrazine groups is 1. The Kier molecular flexibility index (Phi) is 3.46. The van der Waals surface area contributed by atoms with Gasteiger partial charge in [-0.25, -0.2) is 14.9 Å². The van der Waals surface area contributed by atoms with Crippen LogP contribution in [0.2, 0.25) is 0 Å². The van der Waals surface area contributed by atoms with E-state index < -0.39 is 16.7 Å². The lowest BCUT2D eigenvalue weighted by molar-refractivity contribution is -0.530. The Morgan fingerprint density at radius 2 is 2.17 bits per heavy atom. The van der Waals surface area contributed by atoms with Crippen molar-refractivity contribution in [2.24, 2.45) is 0 Å². The molecule has 1 amide bonds. The van der Waals surface area contributed by atoms with E-state index in [-0.39, 0.29) is 0 Å². The van der Waals surface area contributed by atoms with E-state index in [2.05, 4.69) is 0 Å². The van der Waals surface area contributed by atoms with Crippen molar-refractivity contribution >= 4 is 6.09 Å². The number of ether oxygens (including phenoxy) is 1. The molecule has 0 atom stereocenters. The zero-order chi connectivity index (χ0) is 9.78. The van der Waals surface area contributed by atoms with Crippen molar-refractivity contribution in [3.8, 4) is 0 Å². The molecular formula is C6H12N2O4. The minimum absolute atomic E-state index is 0.595. The normalized spacial score (nSPS) is 10.6. The number of hydrogen-bond donors (Lipinski definition) is 1. The molecule has 0 saturated carbocycles. The summed E-state index contributed by atoms with van der Waals surface area (Å²) in [5.74, 6) is 0. The third kappa shape index (κ3) is 4.48. The molecule has 0 aromatic carbocycles. The summed E-state index contributed by atoms with van der Waals surface area (Å²) in [5.41, 5.74) is 0.728. The summed E-state index contributed by atoms with van der Waals surface area (Å²) in [6.45, 7) is 5.17. The molecule has 0 unspecified atom stereocenters. The van der Waals surface area contributed by atoms with Crippen molar-refractivity contribution in [1.82, 2.24) is 5.43 Å². The minimum atomic E-state index is -1.04. The van der Waals surface area contributed by atoms with Gasteiger partial charge in [-0.15, -0.1) is 0 Å². The van der Waals surface area contributed by atoms with Crippen molar-refractivity contribution < 1.29 is 14.6 Å². The Bertz CT molecular complexity index is 190. The Morgan fingerprint density at radius 3 is 2.50 bits per heavy atom. The first-order valence-corrected chi connectivity index (χ1v) is 3.51. The van der Waals surface area contributed by atoms with Gasteiger partial charge in [0.05, 0.1) is 0 Å². The number of amides is 1. The van der Waals surface area contributed by atoms with Crippen LogP contribution in [0, 0.1) is 10.1 Å². The molecule has 12 heavy (non-hydrogen) atoms. The van der Waals surface area contributed by atoms with E-state index in [9.17, 15) is 14.9 Å². The standard InChI is InChI=1S/C6H12N2O4/c1-4-6(2,3)12-5(9)7-8(10)11/h4H2,1-3H3,(H,7,9). The highest BCUT2D eigenvalue weighted by Gasteiger charge is 2.22. The number of rotatable bonds is 3. The van der Waals surface area contributed by atoms with Gasteiger partial charge in [-0.3, -0.25) is 0 Å². The van der Waals surface area contributed by atoms with E-state index in [4.69, 9.17) is 4.74 Å². The molecule has 1 N–H and O–H groups in total. The highest BCUT2D eigenvalue weighted by molar-refractivity contribution is 5.66. The first-order valence-electron chi connectivity index (χ1n) is 3.51. The second-order valence-corrected chi connectivity index (χ2v) is 2.87. The molecule has 0 aliphatic heterocycles. The maximum absolute atomic E-state index is 10.7. The van der Waals surface area contributed by atoms with Gasteiger partial charge in [-0.1, -0.05) is 6.92 Å². The quantitative estimate of drug-likeness (QED) is 0.515. The zero-order valence-electron chi connectivity index (χ0n) is 7.29. The Hall–Kier alpha value is -1.33. The minimum Gasteiger partial charge on any atom is -0.440 e. The molecule has 0 aromatic rings. The smallest absolute Gasteiger partial charge is 0.440 e. The maximum atomic E-state index is 10.7. The van der Waals surface area contributed by atoms with Gasteiger partial charge in [0.2, 0.25) is 0 Å². The first-order chi connectivity index (χ1) is 5.37. The summed E-state index contributed by atoms with van der Waals surface area (Å²) in [5, 5.41) is 8.83. The van der Waals surface area contributed by atoms with Crippen molar-refractivity contribution in [3.05, 3.63) is 10.1 Å². The number of nitro groups is 1. The molecule has 0 aliphatic carbocycles. The zero-order valence-corrected chi connectivity index (χ0v) is 7.29. The molecule has 6 heteroatoms. The van der Waals surface area contributed by atoms with Gasteiger partial charge in [0.15, 0.2) is 5.03 Å². The summed E-state index contributed by atoms with van der Waals surface area (Å²) >= 11 is 0. The second kappa shape index (κ2) is 3.89. The maximum Gasteiger partial charge on any atom is 0.466 e. The number of nitrogens with zero attached hydrogens (tertiary/aromatic N) is 1. The Labute approximate surface area is 70.0 Å². The molecule has 70 valence electrons. The van der Waals surface area contributed by atoms with Crippen LogP contribution in [0.3, 0.4) is 0 Å². The van der Waals surface area contributed by atoms with Gasteiger partial charge in [0, 0.05) is 0 Å². The number of nitrogens with one attached hydrogen (secondary N) is 1. The fourth-order valence-electron chi connectivity index (χ4n) is 0.420. The van der Waals surface area contributed by atoms with Crippen LogP contribution in [0.15, 0.2) is 0 Å². The molecular weight excluding hydrogens is 164 g/mol. The van der Waals surface area contributed by atoms with E-state index in [1.165, 1.54) is 5.43 Å². The molecule has 0 aromatic heterocycles. The lowest BCUT2D eigenvalue weighted by Gasteiger charge is -2.21. The van der Waals surface area contributed by atoms with Gasteiger partial charge < -0.3 is 4.74 Å². The van der Waals surface area contributed by atoms with Gasteiger partial charge in [0.1, 0.15) is 5.60 Å². The van der Waals surface area contributed by atoms with Gasteiger partial charge in [-0.2, -0.15) is 0 Å². The number of carbonyl (C=O) groups excluding carboxylic acids is 1. The fourth-order valence-corrected chi connectivity index (χ4v) is 0.420. The van der Waals surface area contributed by atoms with Crippen molar-refractivity contribution in [1.29, 1.82) is 0 Å². The SMILES string of the molecule is CCC(C)(C)OC(=O)N[N+](=O)[O-]. The van der Waals surface area contributed by atoms with Crippen molar-refractivity contribution in [2.75, 3.05) is 0 Å². The Balaban J connectivity index is 3.92. The van der Waals surface area contributed by atoms with E-state index >= 15 is 0 Å². The molecule has 0 radical (unpaired) electrons. The predicted molar refractivity (Wildman–Crippen MR) is 41.0 cm³/mol. The lowest BCUT2D eigenvalue weighted by Crippen LogP contribution is -2.36. The Morgan fingerprint density at radius 1 is 1.67 bits per heavy atom. The van der Waals surface area contributed by atoms with Crippen LogP contribution in [-0.2, 0) is 4.74 Å². The van der Waals surface area contributed by atoms with Crippen molar-refractivity contribution in [3.63, 3.8) is 0 Å². The van der Waals surface area contributed by atoms with Crippen LogP contribution < -0.4 is 5.43 Å². The van der Waals surface area contributed by atoms with Gasteiger partial charge >= 0.3 is 6.09 Å². The highest BCUT2D eigenvalue weighted by atomic mass is 16.7. The topological polar surface area (TPSA) is 81.5 Å². The summed E-state index contributed by atoms with van der Waals surface area (Å²) in [7, 11) is 0. The number of carbonyl (C=O) groups is 1. The fraction of sp³-hybridized carbons (Fsp3) is 0.833. The van der Waals surface area contributed by atoms with Crippen LogP contribution in [0.5, 0.6) is 0 Å². The predicted octanol–water partition coefficient (Wildman–Crippen LogP) is 1.09. The van der Waals surface area contributed by atoms with E-state index in [1.807, 2.05) is 6.92 Å². The van der Waals surface area contributed by atoms with Crippen LogP contribution in [-0.4, -0.2) is 16.7 Å². The average molecular weight is 176 g/mol. The lowest BCUT2D eigenvalue weighted by atomic mass is 10.1. The van der Waals surface area contributed by atoms with Gasteiger partial charge in [0.25, 0.3) is 0 Å². The van der Waals surface area contributed by atoms with Crippen LogP contribution in [0.4, 0.5) is 4.79 Å². The third-order valence-electron chi connectivity index (χ3n) is 1.40. The molecule has 0 heterocycles. The summed E-state index contributed by atoms with van der Waals surface area (Å²) < 4.78 is 4.71. The number of hydrogen-bond acceptors (Lipinski definition) is 4. The largest absolute Gasteiger partial charge is 0.466 e. The van der Waals surface area contributed by atoms with Crippen LogP contribution in [0.1, 0.15) is 27.2 Å². The van der Waals surface area contributed by atoms with Crippen molar-refractivity contribution in [2.45, 2.75) is 32.8 Å². The molecule has 0 rings (SSSR count).